The zero-order valence-corrected chi connectivity index (χ0v) is 14.4. The number of carbonyl (C=O) groups excluding carboxylic acids is 1. The van der Waals surface area contributed by atoms with E-state index in [9.17, 15) is 9.90 Å². The normalized spacial score (nSPS) is 20.6. The minimum atomic E-state index is -0.338. The lowest BCUT2D eigenvalue weighted by Crippen LogP contribution is -2.54. The lowest BCUT2D eigenvalue weighted by atomic mass is 10.1. The predicted molar refractivity (Wildman–Crippen MR) is 89.7 cm³/mol. The molecular weight excluding hydrogens is 294 g/mol. The monoisotopic (exact) mass is 321 g/mol. The van der Waals surface area contributed by atoms with E-state index in [1.54, 1.807) is 25.3 Å². The quantitative estimate of drug-likeness (QED) is 0.830. The Hall–Kier alpha value is -1.66. The highest BCUT2D eigenvalue weighted by Crippen LogP contribution is 2.22. The summed E-state index contributed by atoms with van der Waals surface area (Å²) in [6.07, 6.45) is 1.21. The minimum absolute atomic E-state index is 0.155. The summed E-state index contributed by atoms with van der Waals surface area (Å²) in [5.41, 5.74) is 0.511. The van der Waals surface area contributed by atoms with Crippen molar-refractivity contribution in [3.63, 3.8) is 0 Å². The molecule has 2 rings (SSSR count). The second-order valence-corrected chi connectivity index (χ2v) is 6.47. The molecule has 6 heteroatoms. The van der Waals surface area contributed by atoms with E-state index >= 15 is 0 Å². The number of piperazine rings is 1. The number of aromatic nitrogens is 1. The molecule has 23 heavy (non-hydrogen) atoms. The number of rotatable bonds is 5. The Labute approximate surface area is 138 Å². The summed E-state index contributed by atoms with van der Waals surface area (Å²) in [4.78, 5) is 21.1. The SMILES string of the molecule is CC(O)CN1CCN(c2ncccc2C(=O)OC(C)C)CC1C. The number of anilines is 1. The Balaban J connectivity index is 2.13. The van der Waals surface area contributed by atoms with E-state index in [-0.39, 0.29) is 24.2 Å². The third-order valence-electron chi connectivity index (χ3n) is 3.91. The summed E-state index contributed by atoms with van der Waals surface area (Å²) < 4.78 is 5.32. The molecule has 0 spiro atoms. The van der Waals surface area contributed by atoms with Crippen LogP contribution >= 0.6 is 0 Å². The molecule has 128 valence electrons. The van der Waals surface area contributed by atoms with Gasteiger partial charge >= 0.3 is 5.97 Å². The first-order valence-electron chi connectivity index (χ1n) is 8.21. The van der Waals surface area contributed by atoms with E-state index in [0.29, 0.717) is 17.9 Å². The van der Waals surface area contributed by atoms with Crippen LogP contribution in [0.15, 0.2) is 18.3 Å². The van der Waals surface area contributed by atoms with Crippen LogP contribution in [0, 0.1) is 0 Å². The fourth-order valence-electron chi connectivity index (χ4n) is 2.88. The first-order chi connectivity index (χ1) is 10.9. The van der Waals surface area contributed by atoms with E-state index in [4.69, 9.17) is 4.74 Å². The van der Waals surface area contributed by atoms with Crippen molar-refractivity contribution in [1.29, 1.82) is 0 Å². The molecule has 2 atom stereocenters. The third-order valence-corrected chi connectivity index (χ3v) is 3.91. The Morgan fingerprint density at radius 1 is 1.43 bits per heavy atom. The van der Waals surface area contributed by atoms with Gasteiger partial charge < -0.3 is 14.7 Å². The number of aliphatic hydroxyl groups excluding tert-OH is 1. The average molecular weight is 321 g/mol. The molecule has 0 bridgehead atoms. The van der Waals surface area contributed by atoms with Crippen LogP contribution < -0.4 is 4.90 Å². The van der Waals surface area contributed by atoms with E-state index in [1.165, 1.54) is 0 Å². The summed E-state index contributed by atoms with van der Waals surface area (Å²) in [6, 6.07) is 3.81. The fraction of sp³-hybridized carbons (Fsp3) is 0.647. The van der Waals surface area contributed by atoms with Crippen LogP contribution in [0.4, 0.5) is 5.82 Å². The highest BCUT2D eigenvalue weighted by molar-refractivity contribution is 5.94. The molecule has 0 saturated carbocycles. The highest BCUT2D eigenvalue weighted by Gasteiger charge is 2.28. The van der Waals surface area contributed by atoms with Gasteiger partial charge in [0.15, 0.2) is 0 Å². The lowest BCUT2D eigenvalue weighted by Gasteiger charge is -2.41. The summed E-state index contributed by atoms with van der Waals surface area (Å²) in [5.74, 6) is 0.351. The summed E-state index contributed by atoms with van der Waals surface area (Å²) in [6.45, 7) is 10.7. The zero-order chi connectivity index (χ0) is 17.0. The molecule has 2 unspecified atom stereocenters. The molecule has 1 aliphatic heterocycles. The molecule has 1 aliphatic rings. The van der Waals surface area contributed by atoms with Crippen LogP contribution in [-0.4, -0.2) is 65.4 Å². The van der Waals surface area contributed by atoms with Crippen LogP contribution in [-0.2, 0) is 4.74 Å². The number of β-amino-alcohol motifs (C(OH)–C–C–N with tert-alkyl or cyclic N) is 1. The van der Waals surface area contributed by atoms with Crippen molar-refractivity contribution in [1.82, 2.24) is 9.88 Å². The van der Waals surface area contributed by atoms with Gasteiger partial charge in [-0.1, -0.05) is 0 Å². The van der Waals surface area contributed by atoms with Crippen molar-refractivity contribution in [2.45, 2.75) is 45.9 Å². The maximum absolute atomic E-state index is 12.3. The maximum atomic E-state index is 12.3. The summed E-state index contributed by atoms with van der Waals surface area (Å²) in [7, 11) is 0. The molecule has 0 aliphatic carbocycles. The van der Waals surface area contributed by atoms with Gasteiger partial charge in [-0.2, -0.15) is 0 Å². The van der Waals surface area contributed by atoms with E-state index in [1.807, 2.05) is 13.8 Å². The number of ether oxygens (including phenoxy) is 1. The van der Waals surface area contributed by atoms with Gasteiger partial charge in [0.2, 0.25) is 0 Å². The molecule has 6 nitrogen and oxygen atoms in total. The van der Waals surface area contributed by atoms with Gasteiger partial charge in [-0.25, -0.2) is 9.78 Å². The maximum Gasteiger partial charge on any atom is 0.342 e. The number of pyridine rings is 1. The van der Waals surface area contributed by atoms with Gasteiger partial charge in [-0.15, -0.1) is 0 Å². The Morgan fingerprint density at radius 3 is 2.78 bits per heavy atom. The number of nitrogens with zero attached hydrogens (tertiary/aromatic N) is 3. The number of hydrogen-bond acceptors (Lipinski definition) is 6. The van der Waals surface area contributed by atoms with E-state index < -0.39 is 0 Å². The zero-order valence-electron chi connectivity index (χ0n) is 14.4. The highest BCUT2D eigenvalue weighted by atomic mass is 16.5. The topological polar surface area (TPSA) is 65.9 Å². The van der Waals surface area contributed by atoms with Crippen molar-refractivity contribution >= 4 is 11.8 Å². The van der Waals surface area contributed by atoms with Gasteiger partial charge in [0.25, 0.3) is 0 Å². The Kier molecular flexibility index (Phi) is 5.96. The van der Waals surface area contributed by atoms with Crippen LogP contribution in [0.2, 0.25) is 0 Å². The second-order valence-electron chi connectivity index (χ2n) is 6.47. The van der Waals surface area contributed by atoms with Crippen molar-refractivity contribution in [3.8, 4) is 0 Å². The van der Waals surface area contributed by atoms with Gasteiger partial charge in [0, 0.05) is 38.4 Å². The van der Waals surface area contributed by atoms with E-state index in [2.05, 4.69) is 21.7 Å². The van der Waals surface area contributed by atoms with Gasteiger partial charge in [0.05, 0.1) is 12.2 Å². The smallest absolute Gasteiger partial charge is 0.342 e. The van der Waals surface area contributed by atoms with Crippen molar-refractivity contribution in [2.75, 3.05) is 31.1 Å². The van der Waals surface area contributed by atoms with Crippen molar-refractivity contribution in [3.05, 3.63) is 23.9 Å². The molecule has 1 N–H and O–H groups in total. The number of hydrogen-bond donors (Lipinski definition) is 1. The van der Waals surface area contributed by atoms with Crippen LogP contribution in [0.3, 0.4) is 0 Å². The number of carbonyl (C=O) groups is 1. The first-order valence-corrected chi connectivity index (χ1v) is 8.21. The van der Waals surface area contributed by atoms with Crippen LogP contribution in [0.1, 0.15) is 38.1 Å². The molecule has 1 aromatic rings. The van der Waals surface area contributed by atoms with E-state index in [0.717, 1.165) is 19.6 Å². The third kappa shape index (κ3) is 4.65. The molecule has 1 fully saturated rings. The summed E-state index contributed by atoms with van der Waals surface area (Å²) >= 11 is 0. The number of aliphatic hydroxyl groups is 1. The molecule has 0 amide bonds. The Morgan fingerprint density at radius 2 is 2.17 bits per heavy atom. The van der Waals surface area contributed by atoms with Gasteiger partial charge in [-0.3, -0.25) is 4.90 Å². The molecular formula is C17H27N3O3. The standard InChI is InChI=1S/C17H27N3O3/c1-12(2)23-17(22)15-6-5-7-18-16(15)20-9-8-19(11-14(4)21)13(3)10-20/h5-7,12-14,21H,8-11H2,1-4H3. The van der Waals surface area contributed by atoms with Crippen LogP contribution in [0.5, 0.6) is 0 Å². The molecule has 1 aromatic heterocycles. The fourth-order valence-corrected chi connectivity index (χ4v) is 2.88. The Bertz CT molecular complexity index is 534. The molecule has 1 saturated heterocycles. The summed E-state index contributed by atoms with van der Waals surface area (Å²) in [5, 5.41) is 9.58. The van der Waals surface area contributed by atoms with Gasteiger partial charge in [0.1, 0.15) is 11.4 Å². The molecule has 2 heterocycles. The predicted octanol–water partition coefficient (Wildman–Crippen LogP) is 1.54. The largest absolute Gasteiger partial charge is 0.459 e. The lowest BCUT2D eigenvalue weighted by molar-refractivity contribution is 0.0378. The minimum Gasteiger partial charge on any atom is -0.459 e. The molecule has 0 radical (unpaired) electrons. The van der Waals surface area contributed by atoms with Crippen molar-refractivity contribution in [2.24, 2.45) is 0 Å². The number of esters is 1. The average Bonchev–Trinajstić information content (AvgIpc) is 2.48. The van der Waals surface area contributed by atoms with Gasteiger partial charge in [-0.05, 0) is 39.8 Å². The van der Waals surface area contributed by atoms with Crippen LogP contribution in [0.25, 0.3) is 0 Å². The van der Waals surface area contributed by atoms with Crippen molar-refractivity contribution < 1.29 is 14.6 Å². The molecule has 0 aromatic carbocycles. The first kappa shape index (κ1) is 17.7. The second kappa shape index (κ2) is 7.75.